The van der Waals surface area contributed by atoms with Crippen molar-refractivity contribution in [2.75, 3.05) is 0 Å². The van der Waals surface area contributed by atoms with Crippen LogP contribution in [0.5, 0.6) is 0 Å². The maximum atomic E-state index is 11.5. The Bertz CT molecular complexity index is 678. The molecule has 0 spiro atoms. The smallest absolute Gasteiger partial charge is 0.146 e. The first kappa shape index (κ1) is 12.9. The molecule has 1 N–H and O–H groups in total. The van der Waals surface area contributed by atoms with Gasteiger partial charge in [-0.05, 0) is 47.5 Å². The van der Waals surface area contributed by atoms with Gasteiger partial charge in [0.05, 0.1) is 0 Å². The van der Waals surface area contributed by atoms with Gasteiger partial charge in [-0.25, -0.2) is 0 Å². The number of aldehydes is 1. The number of hydrogen-bond acceptors (Lipinski definition) is 3. The van der Waals surface area contributed by atoms with E-state index in [0.29, 0.717) is 6.04 Å². The third-order valence-electron chi connectivity index (χ3n) is 4.63. The molecule has 1 fully saturated rings. The minimum absolute atomic E-state index is 0.234. The number of fused-ring (bicyclic) bond motifs is 1. The van der Waals surface area contributed by atoms with E-state index in [1.807, 2.05) is 6.20 Å². The second-order valence-corrected chi connectivity index (χ2v) is 6.59. The molecule has 0 bridgehead atoms. The summed E-state index contributed by atoms with van der Waals surface area (Å²) in [5.74, 6) is 0. The van der Waals surface area contributed by atoms with E-state index in [-0.39, 0.29) is 6.04 Å². The van der Waals surface area contributed by atoms with Gasteiger partial charge in [-0.15, -0.1) is 0 Å². The summed E-state index contributed by atoms with van der Waals surface area (Å²) in [5.41, 5.74) is 4.76. The highest BCUT2D eigenvalue weighted by atomic mass is 32.1. The summed E-state index contributed by atoms with van der Waals surface area (Å²) < 4.78 is 2.41. The van der Waals surface area contributed by atoms with Crippen molar-refractivity contribution in [1.29, 1.82) is 0 Å². The Morgan fingerprint density at radius 1 is 1.33 bits per heavy atom. The zero-order valence-corrected chi connectivity index (χ0v) is 12.6. The number of carbonyl (C=O) groups excluding carboxylic acids is 1. The van der Waals surface area contributed by atoms with Crippen LogP contribution in [0.2, 0.25) is 0 Å². The maximum Gasteiger partial charge on any atom is 0.146 e. The SMILES string of the molecule is O=CC1NC=Cc2c1c(-c1ccsc1)cn2C1CCCC1. The highest BCUT2D eigenvalue weighted by Gasteiger charge is 2.28. The second-order valence-electron chi connectivity index (χ2n) is 5.81. The van der Waals surface area contributed by atoms with Crippen LogP contribution in [-0.4, -0.2) is 10.9 Å². The van der Waals surface area contributed by atoms with Crippen LogP contribution in [0.25, 0.3) is 17.2 Å². The predicted octanol–water partition coefficient (Wildman–Crippen LogP) is 4.15. The summed E-state index contributed by atoms with van der Waals surface area (Å²) in [6.45, 7) is 0. The lowest BCUT2D eigenvalue weighted by atomic mass is 9.98. The van der Waals surface area contributed by atoms with Crippen LogP contribution in [-0.2, 0) is 4.79 Å². The average molecular weight is 298 g/mol. The molecule has 1 aliphatic carbocycles. The van der Waals surface area contributed by atoms with Crippen LogP contribution in [0.3, 0.4) is 0 Å². The van der Waals surface area contributed by atoms with E-state index in [4.69, 9.17) is 0 Å². The molecular formula is C17H18N2OS. The van der Waals surface area contributed by atoms with Gasteiger partial charge in [0.15, 0.2) is 0 Å². The summed E-state index contributed by atoms with van der Waals surface area (Å²) >= 11 is 1.70. The zero-order valence-electron chi connectivity index (χ0n) is 11.8. The fraction of sp³-hybridized carbons (Fsp3) is 0.353. The molecule has 0 amide bonds. The van der Waals surface area contributed by atoms with E-state index < -0.39 is 0 Å². The molecule has 108 valence electrons. The van der Waals surface area contributed by atoms with Crippen molar-refractivity contribution in [3.8, 4) is 11.1 Å². The third-order valence-corrected chi connectivity index (χ3v) is 5.31. The minimum Gasteiger partial charge on any atom is -0.378 e. The normalized spacial score (nSPS) is 21.2. The van der Waals surface area contributed by atoms with Crippen molar-refractivity contribution >= 4 is 23.7 Å². The first-order chi connectivity index (χ1) is 10.4. The first-order valence-electron chi connectivity index (χ1n) is 7.53. The molecule has 2 aromatic heterocycles. The Morgan fingerprint density at radius 2 is 2.19 bits per heavy atom. The number of hydrogen-bond donors (Lipinski definition) is 1. The van der Waals surface area contributed by atoms with Crippen LogP contribution < -0.4 is 5.32 Å². The van der Waals surface area contributed by atoms with Crippen LogP contribution >= 0.6 is 11.3 Å². The molecule has 21 heavy (non-hydrogen) atoms. The lowest BCUT2D eigenvalue weighted by Crippen LogP contribution is -2.21. The van der Waals surface area contributed by atoms with Crippen molar-refractivity contribution in [3.05, 3.63) is 40.5 Å². The Balaban J connectivity index is 1.90. The predicted molar refractivity (Wildman–Crippen MR) is 86.2 cm³/mol. The summed E-state index contributed by atoms with van der Waals surface area (Å²) in [6, 6.07) is 2.49. The van der Waals surface area contributed by atoms with Crippen LogP contribution in [0.4, 0.5) is 0 Å². The lowest BCUT2D eigenvalue weighted by molar-refractivity contribution is -0.109. The molecule has 0 aromatic carbocycles. The van der Waals surface area contributed by atoms with Gasteiger partial charge in [0.1, 0.15) is 12.3 Å². The lowest BCUT2D eigenvalue weighted by Gasteiger charge is -2.21. The first-order valence-corrected chi connectivity index (χ1v) is 8.48. The second kappa shape index (κ2) is 5.19. The quantitative estimate of drug-likeness (QED) is 0.864. The summed E-state index contributed by atoms with van der Waals surface area (Å²) in [6.07, 6.45) is 12.4. The van der Waals surface area contributed by atoms with Crippen LogP contribution in [0.15, 0.2) is 29.2 Å². The molecule has 1 atom stereocenters. The van der Waals surface area contributed by atoms with Crippen molar-refractivity contribution < 1.29 is 4.79 Å². The molecule has 1 aliphatic heterocycles. The van der Waals surface area contributed by atoms with Gasteiger partial charge in [-0.3, -0.25) is 0 Å². The Morgan fingerprint density at radius 3 is 2.90 bits per heavy atom. The summed E-state index contributed by atoms with van der Waals surface area (Å²) in [4.78, 5) is 11.5. The van der Waals surface area contributed by atoms with Gasteiger partial charge >= 0.3 is 0 Å². The van der Waals surface area contributed by atoms with Gasteiger partial charge in [-0.1, -0.05) is 12.8 Å². The van der Waals surface area contributed by atoms with Crippen molar-refractivity contribution in [1.82, 2.24) is 9.88 Å². The molecule has 3 nitrogen and oxygen atoms in total. The molecule has 2 aliphatic rings. The molecule has 4 rings (SSSR count). The summed E-state index contributed by atoms with van der Waals surface area (Å²) in [5, 5.41) is 7.43. The Hall–Kier alpha value is -1.81. The molecule has 2 aromatic rings. The van der Waals surface area contributed by atoms with E-state index in [1.54, 1.807) is 11.3 Å². The fourth-order valence-electron chi connectivity index (χ4n) is 3.61. The number of carbonyl (C=O) groups is 1. The van der Waals surface area contributed by atoms with E-state index in [2.05, 4.69) is 39.0 Å². The molecule has 4 heteroatoms. The van der Waals surface area contributed by atoms with E-state index in [0.717, 1.165) is 11.8 Å². The standard InChI is InChI=1S/C17H18N2OS/c20-10-15-17-14(12-6-8-21-11-12)9-19(13-3-1-2-4-13)16(17)5-7-18-15/h5-11,13,15,18H,1-4H2. The van der Waals surface area contributed by atoms with Gasteiger partial charge < -0.3 is 14.7 Å². The molecular weight excluding hydrogens is 280 g/mol. The highest BCUT2D eigenvalue weighted by molar-refractivity contribution is 7.08. The fourth-order valence-corrected chi connectivity index (χ4v) is 4.27. The number of nitrogens with one attached hydrogen (secondary N) is 1. The van der Waals surface area contributed by atoms with E-state index >= 15 is 0 Å². The number of aromatic nitrogens is 1. The van der Waals surface area contributed by atoms with Crippen LogP contribution in [0, 0.1) is 0 Å². The molecule has 1 unspecified atom stereocenters. The van der Waals surface area contributed by atoms with Crippen LogP contribution in [0.1, 0.15) is 49.0 Å². The molecule has 0 radical (unpaired) electrons. The van der Waals surface area contributed by atoms with Gasteiger partial charge in [0.25, 0.3) is 0 Å². The van der Waals surface area contributed by atoms with Crippen molar-refractivity contribution in [2.24, 2.45) is 0 Å². The summed E-state index contributed by atoms with van der Waals surface area (Å²) in [7, 11) is 0. The Kier molecular flexibility index (Phi) is 3.19. The number of thiophene rings is 1. The Labute approximate surface area is 128 Å². The van der Waals surface area contributed by atoms with E-state index in [1.165, 1.54) is 42.5 Å². The maximum absolute atomic E-state index is 11.5. The zero-order chi connectivity index (χ0) is 14.2. The molecule has 0 saturated heterocycles. The van der Waals surface area contributed by atoms with Crippen molar-refractivity contribution in [2.45, 2.75) is 37.8 Å². The van der Waals surface area contributed by atoms with Gasteiger partial charge in [0, 0.05) is 29.1 Å². The monoisotopic (exact) mass is 298 g/mol. The van der Waals surface area contributed by atoms with Gasteiger partial charge in [-0.2, -0.15) is 11.3 Å². The largest absolute Gasteiger partial charge is 0.378 e. The molecule has 1 saturated carbocycles. The minimum atomic E-state index is -0.234. The number of rotatable bonds is 3. The average Bonchev–Trinajstić information content (AvgIpc) is 3.24. The van der Waals surface area contributed by atoms with E-state index in [9.17, 15) is 4.79 Å². The molecule has 3 heterocycles. The van der Waals surface area contributed by atoms with Crippen molar-refractivity contribution in [3.63, 3.8) is 0 Å². The van der Waals surface area contributed by atoms with Gasteiger partial charge in [0.2, 0.25) is 0 Å². The third kappa shape index (κ3) is 2.05. The number of nitrogens with zero attached hydrogens (tertiary/aromatic N) is 1. The topological polar surface area (TPSA) is 34.0 Å². The highest BCUT2D eigenvalue weighted by Crippen LogP contribution is 2.40.